The summed E-state index contributed by atoms with van der Waals surface area (Å²) in [7, 11) is -3.60. The van der Waals surface area contributed by atoms with E-state index < -0.39 is 7.82 Å². The molecule has 1 aliphatic rings. The van der Waals surface area contributed by atoms with Gasteiger partial charge in [0.1, 0.15) is 17.2 Å². The van der Waals surface area contributed by atoms with Gasteiger partial charge in [0.05, 0.1) is 0 Å². The van der Waals surface area contributed by atoms with Crippen molar-refractivity contribution in [3.05, 3.63) is 54.6 Å². The SMILES string of the molecule is O=P1(Oc2ccccc2)Oc2cccc(c2)O1. The summed E-state index contributed by atoms with van der Waals surface area (Å²) in [4.78, 5) is 0. The van der Waals surface area contributed by atoms with Gasteiger partial charge >= 0.3 is 7.82 Å². The highest BCUT2D eigenvalue weighted by atomic mass is 31.2. The predicted molar refractivity (Wildman–Crippen MR) is 62.4 cm³/mol. The third-order valence-corrected chi connectivity index (χ3v) is 3.50. The molecule has 2 aromatic rings. The summed E-state index contributed by atoms with van der Waals surface area (Å²) in [5, 5.41) is 0. The zero-order chi connectivity index (χ0) is 11.7. The van der Waals surface area contributed by atoms with Crippen molar-refractivity contribution in [1.82, 2.24) is 0 Å². The number of phosphoric ester groups is 1. The highest BCUT2D eigenvalue weighted by molar-refractivity contribution is 7.49. The zero-order valence-electron chi connectivity index (χ0n) is 8.78. The smallest absolute Gasteiger partial charge is 0.386 e. The highest BCUT2D eigenvalue weighted by Gasteiger charge is 2.36. The summed E-state index contributed by atoms with van der Waals surface area (Å²) >= 11 is 0. The van der Waals surface area contributed by atoms with Crippen LogP contribution >= 0.6 is 7.82 Å². The summed E-state index contributed by atoms with van der Waals surface area (Å²) < 4.78 is 27.9. The molecule has 0 amide bonds. The van der Waals surface area contributed by atoms with Crippen molar-refractivity contribution in [3.63, 3.8) is 0 Å². The van der Waals surface area contributed by atoms with Gasteiger partial charge in [0.15, 0.2) is 0 Å². The Hall–Kier alpha value is -1.93. The molecular weight excluding hydrogens is 239 g/mol. The Morgan fingerprint density at radius 1 is 0.882 bits per heavy atom. The van der Waals surface area contributed by atoms with Gasteiger partial charge in [0.2, 0.25) is 0 Å². The number of fused-ring (bicyclic) bond motifs is 2. The fourth-order valence-corrected chi connectivity index (χ4v) is 2.75. The van der Waals surface area contributed by atoms with Crippen molar-refractivity contribution in [1.29, 1.82) is 0 Å². The maximum Gasteiger partial charge on any atom is 0.647 e. The molecule has 0 N–H and O–H groups in total. The third kappa shape index (κ3) is 2.12. The molecule has 86 valence electrons. The molecule has 2 aromatic carbocycles. The van der Waals surface area contributed by atoms with E-state index in [1.807, 2.05) is 6.07 Å². The molecule has 0 spiro atoms. The van der Waals surface area contributed by atoms with Gasteiger partial charge < -0.3 is 13.6 Å². The first-order valence-corrected chi connectivity index (χ1v) is 6.54. The van der Waals surface area contributed by atoms with Gasteiger partial charge in [-0.15, -0.1) is 0 Å². The van der Waals surface area contributed by atoms with Gasteiger partial charge in [-0.2, -0.15) is 4.57 Å². The van der Waals surface area contributed by atoms with Crippen LogP contribution in [0, 0.1) is 0 Å². The Balaban J connectivity index is 1.87. The Labute approximate surface area is 98.4 Å². The largest absolute Gasteiger partial charge is 0.647 e. The molecule has 0 saturated heterocycles. The van der Waals surface area contributed by atoms with Gasteiger partial charge in [-0.3, -0.25) is 0 Å². The fraction of sp³-hybridized carbons (Fsp3) is 0. The van der Waals surface area contributed by atoms with E-state index in [4.69, 9.17) is 13.6 Å². The minimum atomic E-state index is -3.60. The van der Waals surface area contributed by atoms with E-state index in [1.54, 1.807) is 48.5 Å². The van der Waals surface area contributed by atoms with E-state index in [9.17, 15) is 4.57 Å². The standard InChI is InChI=1S/C12H9O4P/c13-17(14-10-5-2-1-3-6-10)15-11-7-4-8-12(9-11)16-17/h1-9H. The van der Waals surface area contributed by atoms with Crippen LogP contribution in [-0.4, -0.2) is 0 Å². The molecular formula is C12H9O4P. The molecule has 0 unspecified atom stereocenters. The van der Waals surface area contributed by atoms with Gasteiger partial charge in [-0.25, -0.2) is 0 Å². The van der Waals surface area contributed by atoms with Crippen LogP contribution in [0.5, 0.6) is 17.2 Å². The lowest BCUT2D eigenvalue weighted by Gasteiger charge is -2.23. The molecule has 0 aliphatic carbocycles. The maximum absolute atomic E-state index is 12.2. The number of hydrogen-bond acceptors (Lipinski definition) is 4. The summed E-state index contributed by atoms with van der Waals surface area (Å²) in [5.74, 6) is 1.40. The number of hydrogen-bond donors (Lipinski definition) is 0. The Kier molecular flexibility index (Phi) is 2.30. The minimum absolute atomic E-state index is 0.445. The first-order chi connectivity index (χ1) is 8.23. The zero-order valence-corrected chi connectivity index (χ0v) is 9.67. The van der Waals surface area contributed by atoms with Crippen LogP contribution in [0.3, 0.4) is 0 Å². The van der Waals surface area contributed by atoms with E-state index in [1.165, 1.54) is 0 Å². The van der Waals surface area contributed by atoms with Crippen molar-refractivity contribution in [3.8, 4) is 17.2 Å². The molecule has 2 bridgehead atoms. The van der Waals surface area contributed by atoms with Crippen molar-refractivity contribution in [2.24, 2.45) is 0 Å². The number of rotatable bonds is 2. The topological polar surface area (TPSA) is 44.8 Å². The second kappa shape index (κ2) is 3.82. The summed E-state index contributed by atoms with van der Waals surface area (Å²) in [6, 6.07) is 15.6. The van der Waals surface area contributed by atoms with Crippen molar-refractivity contribution in [2.45, 2.75) is 0 Å². The molecule has 3 rings (SSSR count). The van der Waals surface area contributed by atoms with Crippen LogP contribution in [-0.2, 0) is 4.57 Å². The van der Waals surface area contributed by atoms with E-state index in [2.05, 4.69) is 0 Å². The molecule has 17 heavy (non-hydrogen) atoms. The monoisotopic (exact) mass is 248 g/mol. The molecule has 0 fully saturated rings. The Bertz CT molecular complexity index is 557. The quantitative estimate of drug-likeness (QED) is 0.761. The maximum atomic E-state index is 12.2. The normalized spacial score (nSPS) is 15.5. The predicted octanol–water partition coefficient (Wildman–Crippen LogP) is 3.64. The van der Waals surface area contributed by atoms with Crippen molar-refractivity contribution < 1.29 is 18.1 Å². The van der Waals surface area contributed by atoms with E-state index in [0.717, 1.165) is 0 Å². The molecule has 0 aromatic heterocycles. The Morgan fingerprint density at radius 3 is 2.18 bits per heavy atom. The molecule has 4 nitrogen and oxygen atoms in total. The van der Waals surface area contributed by atoms with Crippen LogP contribution in [0.1, 0.15) is 0 Å². The summed E-state index contributed by atoms with van der Waals surface area (Å²) in [6.45, 7) is 0. The van der Waals surface area contributed by atoms with Gasteiger partial charge in [-0.1, -0.05) is 24.3 Å². The number of phosphoric acid groups is 1. The van der Waals surface area contributed by atoms with E-state index >= 15 is 0 Å². The van der Waals surface area contributed by atoms with Crippen LogP contribution in [0.4, 0.5) is 0 Å². The number of benzene rings is 2. The van der Waals surface area contributed by atoms with Crippen molar-refractivity contribution in [2.75, 3.05) is 0 Å². The minimum Gasteiger partial charge on any atom is -0.386 e. The molecule has 0 saturated carbocycles. The fourth-order valence-electron chi connectivity index (χ4n) is 1.51. The first-order valence-electron chi connectivity index (χ1n) is 5.07. The molecule has 0 radical (unpaired) electrons. The van der Waals surface area contributed by atoms with Gasteiger partial charge in [0.25, 0.3) is 0 Å². The van der Waals surface area contributed by atoms with E-state index in [-0.39, 0.29) is 0 Å². The third-order valence-electron chi connectivity index (χ3n) is 2.20. The highest BCUT2D eigenvalue weighted by Crippen LogP contribution is 2.53. The second-order valence-electron chi connectivity index (χ2n) is 3.51. The van der Waals surface area contributed by atoms with Crippen LogP contribution in [0.25, 0.3) is 0 Å². The van der Waals surface area contributed by atoms with Crippen molar-refractivity contribution >= 4 is 7.82 Å². The van der Waals surface area contributed by atoms with E-state index in [0.29, 0.717) is 17.2 Å². The average molecular weight is 248 g/mol. The van der Waals surface area contributed by atoms with Gasteiger partial charge in [0, 0.05) is 6.07 Å². The van der Waals surface area contributed by atoms with Crippen LogP contribution in [0.2, 0.25) is 0 Å². The van der Waals surface area contributed by atoms with Crippen LogP contribution in [0.15, 0.2) is 54.6 Å². The molecule has 0 atom stereocenters. The average Bonchev–Trinajstić information content (AvgIpc) is 2.28. The lowest BCUT2D eigenvalue weighted by Crippen LogP contribution is -2.10. The molecule has 5 heteroatoms. The lowest BCUT2D eigenvalue weighted by atomic mass is 10.3. The Morgan fingerprint density at radius 2 is 1.53 bits per heavy atom. The van der Waals surface area contributed by atoms with Crippen LogP contribution < -0.4 is 13.6 Å². The summed E-state index contributed by atoms with van der Waals surface area (Å²) in [5.41, 5.74) is 0. The molecule has 1 heterocycles. The number of para-hydroxylation sites is 1. The lowest BCUT2D eigenvalue weighted by molar-refractivity contribution is 0.288. The second-order valence-corrected chi connectivity index (χ2v) is 4.95. The van der Waals surface area contributed by atoms with Gasteiger partial charge in [-0.05, 0) is 24.3 Å². The summed E-state index contributed by atoms with van der Waals surface area (Å²) in [6.07, 6.45) is 0. The molecule has 1 aliphatic heterocycles. The first kappa shape index (κ1) is 10.2.